The predicted octanol–water partition coefficient (Wildman–Crippen LogP) is 0.592. The molecule has 0 spiro atoms. The Morgan fingerprint density at radius 3 is 2.19 bits per heavy atom. The maximum absolute atomic E-state index is 13.3. The molecule has 3 N–H and O–H groups in total. The molecule has 0 aliphatic carbocycles. The molecule has 2 rings (SSSR count). The number of rotatable bonds is 12. The van der Waals surface area contributed by atoms with E-state index in [2.05, 4.69) is 10.6 Å². The normalized spacial score (nSPS) is 12.9. The van der Waals surface area contributed by atoms with E-state index in [1.807, 2.05) is 30.3 Å². The van der Waals surface area contributed by atoms with Crippen molar-refractivity contribution in [2.45, 2.75) is 39.3 Å². The number of sulfonamides is 1. The molecule has 0 aliphatic heterocycles. The maximum atomic E-state index is 13.3. The quantitative estimate of drug-likeness (QED) is 0.338. The first-order valence-corrected chi connectivity index (χ1v) is 13.6. The lowest BCUT2D eigenvalue weighted by atomic mass is 10.0. The summed E-state index contributed by atoms with van der Waals surface area (Å²) in [5, 5.41) is 6.92. The van der Waals surface area contributed by atoms with Crippen LogP contribution in [0.1, 0.15) is 37.6 Å². The topological polar surface area (TPSA) is 159 Å². The monoisotopic (exact) mass is 532 g/mol. The van der Waals surface area contributed by atoms with Crippen molar-refractivity contribution in [3.05, 3.63) is 48.0 Å². The first kappa shape index (κ1) is 29.4. The van der Waals surface area contributed by atoms with Gasteiger partial charge in [0.15, 0.2) is 0 Å². The molecule has 11 nitrogen and oxygen atoms in total. The van der Waals surface area contributed by atoms with Crippen LogP contribution >= 0.6 is 0 Å². The number of aldehydes is 1. The van der Waals surface area contributed by atoms with Gasteiger partial charge in [0, 0.05) is 12.1 Å². The van der Waals surface area contributed by atoms with Crippen LogP contribution in [0.25, 0.3) is 10.8 Å². The van der Waals surface area contributed by atoms with Crippen molar-refractivity contribution in [1.82, 2.24) is 20.3 Å². The van der Waals surface area contributed by atoms with Gasteiger partial charge < -0.3 is 20.3 Å². The zero-order valence-corrected chi connectivity index (χ0v) is 22.0. The van der Waals surface area contributed by atoms with E-state index >= 15 is 0 Å². The van der Waals surface area contributed by atoms with Crippen LogP contribution < -0.4 is 15.4 Å². The van der Waals surface area contributed by atoms with E-state index in [1.165, 1.54) is 4.90 Å². The number of hydrogen-bond donors (Lipinski definition) is 3. The molecule has 0 saturated carbocycles. The van der Waals surface area contributed by atoms with Gasteiger partial charge in [-0.2, -0.15) is 0 Å². The predicted molar refractivity (Wildman–Crippen MR) is 138 cm³/mol. The third-order valence-electron chi connectivity index (χ3n) is 5.47. The van der Waals surface area contributed by atoms with Crippen molar-refractivity contribution in [3.63, 3.8) is 0 Å². The Hall–Kier alpha value is -3.80. The molecular weight excluding hydrogens is 500 g/mol. The second-order valence-corrected chi connectivity index (χ2v) is 10.7. The summed E-state index contributed by atoms with van der Waals surface area (Å²) in [5.41, 5.74) is 0.388. The van der Waals surface area contributed by atoms with Crippen molar-refractivity contribution in [2.75, 3.05) is 19.3 Å². The number of carbonyl (C=O) groups excluding carboxylic acids is 5. The van der Waals surface area contributed by atoms with Crippen molar-refractivity contribution in [1.29, 1.82) is 0 Å². The number of nitrogens with zero attached hydrogens (tertiary/aromatic N) is 1. The third-order valence-corrected chi connectivity index (χ3v) is 6.07. The minimum absolute atomic E-state index is 0.141. The molecule has 2 aromatic rings. The van der Waals surface area contributed by atoms with Gasteiger partial charge in [0.1, 0.15) is 12.3 Å². The standard InChI is InChI=1S/C25H32N4O7S/c1-5-29(14-22(32)26-20(15-30)13-21(31)28-37(4,35)36)25(34)23(16(2)3)27-24(33)19-11-10-17-8-6-7-9-18(17)12-19/h6-12,15-16,20,23H,5,13-14H2,1-4H3,(H,26,32)(H,27,33)(H,28,31)/t20-,23-/m0/s1. The molecule has 0 radical (unpaired) electrons. The molecule has 2 atom stereocenters. The smallest absolute Gasteiger partial charge is 0.251 e. The minimum Gasteiger partial charge on any atom is -0.345 e. The first-order chi connectivity index (χ1) is 17.3. The molecule has 37 heavy (non-hydrogen) atoms. The number of hydrogen-bond acceptors (Lipinski definition) is 7. The van der Waals surface area contributed by atoms with Crippen LogP contribution in [0.15, 0.2) is 42.5 Å². The molecule has 0 unspecified atom stereocenters. The fourth-order valence-electron chi connectivity index (χ4n) is 3.62. The first-order valence-electron chi connectivity index (χ1n) is 11.7. The molecule has 0 aromatic heterocycles. The number of benzene rings is 2. The van der Waals surface area contributed by atoms with Gasteiger partial charge in [0.05, 0.1) is 25.3 Å². The largest absolute Gasteiger partial charge is 0.345 e. The van der Waals surface area contributed by atoms with Gasteiger partial charge >= 0.3 is 0 Å². The Morgan fingerprint density at radius 2 is 1.62 bits per heavy atom. The molecule has 200 valence electrons. The summed E-state index contributed by atoms with van der Waals surface area (Å²) in [7, 11) is -3.81. The van der Waals surface area contributed by atoms with E-state index in [4.69, 9.17) is 0 Å². The highest BCUT2D eigenvalue weighted by Crippen LogP contribution is 2.16. The second-order valence-electron chi connectivity index (χ2n) is 8.92. The van der Waals surface area contributed by atoms with Crippen molar-refractivity contribution < 1.29 is 32.4 Å². The molecular formula is C25H32N4O7S. The van der Waals surface area contributed by atoms with Crippen LogP contribution in [0, 0.1) is 5.92 Å². The van der Waals surface area contributed by atoms with Crippen LogP contribution in [0.3, 0.4) is 0 Å². The fraction of sp³-hybridized carbons (Fsp3) is 0.400. The summed E-state index contributed by atoms with van der Waals surface area (Å²) in [4.78, 5) is 63.0. The molecule has 4 amide bonds. The molecule has 12 heteroatoms. The average Bonchev–Trinajstić information content (AvgIpc) is 2.83. The van der Waals surface area contributed by atoms with Gasteiger partial charge in [-0.3, -0.25) is 23.9 Å². The third kappa shape index (κ3) is 8.98. The molecule has 2 aromatic carbocycles. The van der Waals surface area contributed by atoms with E-state index in [0.717, 1.165) is 17.0 Å². The van der Waals surface area contributed by atoms with Crippen LogP contribution in [0.2, 0.25) is 0 Å². The van der Waals surface area contributed by atoms with Gasteiger partial charge in [0.25, 0.3) is 5.91 Å². The lowest BCUT2D eigenvalue weighted by Crippen LogP contribution is -2.54. The van der Waals surface area contributed by atoms with Crippen molar-refractivity contribution >= 4 is 50.7 Å². The van der Waals surface area contributed by atoms with E-state index < -0.39 is 58.7 Å². The van der Waals surface area contributed by atoms with Gasteiger partial charge in [-0.15, -0.1) is 0 Å². The zero-order chi connectivity index (χ0) is 27.8. The summed E-state index contributed by atoms with van der Waals surface area (Å²) in [5.74, 6) is -2.89. The molecule has 0 heterocycles. The fourth-order valence-corrected chi connectivity index (χ4v) is 4.11. The Balaban J connectivity index is 2.07. The van der Waals surface area contributed by atoms with Crippen LogP contribution in [0.4, 0.5) is 0 Å². The molecule has 0 fully saturated rings. The number of likely N-dealkylation sites (N-methyl/N-ethyl adjacent to an activating group) is 1. The highest BCUT2D eigenvalue weighted by molar-refractivity contribution is 7.89. The van der Waals surface area contributed by atoms with E-state index in [1.54, 1.807) is 37.6 Å². The number of amides is 4. The van der Waals surface area contributed by atoms with Gasteiger partial charge in [-0.25, -0.2) is 8.42 Å². The Labute approximate surface area is 216 Å². The highest BCUT2D eigenvalue weighted by atomic mass is 32.2. The van der Waals surface area contributed by atoms with Crippen molar-refractivity contribution in [2.24, 2.45) is 5.92 Å². The molecule has 0 saturated heterocycles. The summed E-state index contributed by atoms with van der Waals surface area (Å²) in [6.45, 7) is 4.90. The van der Waals surface area contributed by atoms with E-state index in [-0.39, 0.29) is 12.5 Å². The second kappa shape index (κ2) is 12.9. The summed E-state index contributed by atoms with van der Waals surface area (Å²) in [6, 6.07) is 10.6. The Bertz CT molecular complexity index is 1280. The van der Waals surface area contributed by atoms with Crippen LogP contribution in [-0.2, 0) is 29.2 Å². The highest BCUT2D eigenvalue weighted by Gasteiger charge is 2.30. The molecule has 0 aliphatic rings. The lowest BCUT2D eigenvalue weighted by Gasteiger charge is -2.29. The van der Waals surface area contributed by atoms with Gasteiger partial charge in [-0.05, 0) is 35.7 Å². The van der Waals surface area contributed by atoms with Crippen LogP contribution in [-0.4, -0.2) is 74.7 Å². The van der Waals surface area contributed by atoms with Gasteiger partial charge in [-0.1, -0.05) is 44.2 Å². The summed E-state index contributed by atoms with van der Waals surface area (Å²) < 4.78 is 24.0. The SMILES string of the molecule is CCN(CC(=O)N[C@H](C=O)CC(=O)NS(C)(=O)=O)C(=O)[C@@H](NC(=O)c1ccc2ccccc2c1)C(C)C. The summed E-state index contributed by atoms with van der Waals surface area (Å²) in [6.07, 6.45) is 0.505. The van der Waals surface area contributed by atoms with Crippen LogP contribution in [0.5, 0.6) is 0 Å². The zero-order valence-electron chi connectivity index (χ0n) is 21.2. The summed E-state index contributed by atoms with van der Waals surface area (Å²) >= 11 is 0. The number of nitrogens with one attached hydrogen (secondary N) is 3. The Morgan fingerprint density at radius 1 is 0.973 bits per heavy atom. The van der Waals surface area contributed by atoms with E-state index in [0.29, 0.717) is 11.8 Å². The maximum Gasteiger partial charge on any atom is 0.251 e. The molecule has 0 bridgehead atoms. The number of carbonyl (C=O) groups is 5. The van der Waals surface area contributed by atoms with Gasteiger partial charge in [0.2, 0.25) is 27.7 Å². The van der Waals surface area contributed by atoms with E-state index in [9.17, 15) is 32.4 Å². The number of fused-ring (bicyclic) bond motifs is 1. The average molecular weight is 533 g/mol. The Kier molecular flexibility index (Phi) is 10.3. The minimum atomic E-state index is -3.81. The van der Waals surface area contributed by atoms with Crippen molar-refractivity contribution in [3.8, 4) is 0 Å². The lowest BCUT2D eigenvalue weighted by molar-refractivity contribution is -0.138.